The average molecular weight is 550 g/mol. The molecule has 0 aromatic carbocycles. The summed E-state index contributed by atoms with van der Waals surface area (Å²) >= 11 is 0. The molecule has 1 unspecified atom stereocenters. The molecular formula is C18H32AlCl4FeNO2P. The van der Waals surface area contributed by atoms with Crippen LogP contribution < -0.4 is 0 Å². The summed E-state index contributed by atoms with van der Waals surface area (Å²) in [6.07, 6.45) is 0. The van der Waals surface area contributed by atoms with E-state index in [1.54, 1.807) is 0 Å². The molecule has 0 heterocycles. The molecule has 0 N–H and O–H groups in total. The van der Waals surface area contributed by atoms with Crippen molar-refractivity contribution in [1.82, 2.24) is 4.67 Å². The van der Waals surface area contributed by atoms with Gasteiger partial charge in [0.05, 0.1) is 0 Å². The summed E-state index contributed by atoms with van der Waals surface area (Å²) in [5, 5.41) is 0. The zero-order chi connectivity index (χ0) is 23.1. The van der Waals surface area contributed by atoms with Gasteiger partial charge in [-0.3, -0.25) is 0 Å². The van der Waals surface area contributed by atoms with Crippen molar-refractivity contribution < 1.29 is 26.4 Å². The molecule has 0 saturated heterocycles. The van der Waals surface area contributed by atoms with Crippen molar-refractivity contribution in [1.29, 1.82) is 0 Å². The molecule has 0 fully saturated rings. The topological polar surface area (TPSA) is 43.0 Å². The molecule has 3 nitrogen and oxygen atoms in total. The molecule has 0 bridgehead atoms. The fourth-order valence-corrected chi connectivity index (χ4v) is 2.00. The Kier molecular flexibility index (Phi) is 31.1. The zero-order valence-electron chi connectivity index (χ0n) is 18.1. The maximum atomic E-state index is 7.50. The normalized spacial score (nSPS) is 13.4. The van der Waals surface area contributed by atoms with Crippen LogP contribution in [0.4, 0.5) is 0 Å². The first-order valence-electron chi connectivity index (χ1n) is 8.17. The number of hydrogen-bond acceptors (Lipinski definition) is 1. The van der Waals surface area contributed by atoms with E-state index in [1.165, 1.54) is 28.2 Å². The third-order valence-electron chi connectivity index (χ3n) is 4.14. The standard InChI is InChI=1S/C10H15.C6H16NP.2CO.Al.4ClH.Fe/c1-6-7(2)9(4)10(5)8(6)3;1-5(2)7(8)6(3)4;2*1-2;;;;;;/h1-5H3;5-6H,8H2,1-4H3;;;;4*1H;/q;;;;+3;;;;;/p-3. The Morgan fingerprint density at radius 3 is 0.929 bits per heavy atom. The molecule has 10 heteroatoms. The van der Waals surface area contributed by atoms with Gasteiger partial charge in [-0.2, -0.15) is 4.67 Å². The van der Waals surface area contributed by atoms with Crippen molar-refractivity contribution in [3.05, 3.63) is 41.5 Å². The van der Waals surface area contributed by atoms with E-state index in [9.17, 15) is 0 Å². The van der Waals surface area contributed by atoms with Gasteiger partial charge < -0.3 is 40.2 Å². The Bertz CT molecular complexity index is 475. The van der Waals surface area contributed by atoms with E-state index in [0.717, 1.165) is 0 Å². The molecule has 1 atom stereocenters. The monoisotopic (exact) mass is 548 g/mol. The van der Waals surface area contributed by atoms with E-state index in [4.69, 9.17) is 49.5 Å². The molecule has 1 radical (unpaired) electrons. The van der Waals surface area contributed by atoms with Gasteiger partial charge in [0.25, 0.3) is 0 Å². The minimum absolute atomic E-state index is 0. The van der Waals surface area contributed by atoms with Gasteiger partial charge in [0.2, 0.25) is 0 Å². The van der Waals surface area contributed by atoms with Crippen LogP contribution >= 0.6 is 49.6 Å². The predicted octanol–water partition coefficient (Wildman–Crippen LogP) is 7.19. The van der Waals surface area contributed by atoms with Crippen molar-refractivity contribution in [2.45, 2.75) is 74.4 Å². The summed E-state index contributed by atoms with van der Waals surface area (Å²) in [4.78, 5) is 0. The molecule has 1 aliphatic rings. The van der Waals surface area contributed by atoms with Crippen molar-refractivity contribution in [2.24, 2.45) is 0 Å². The van der Waals surface area contributed by atoms with Crippen LogP contribution in [0, 0.1) is 19.2 Å². The molecule has 0 spiro atoms. The molecule has 0 aromatic rings. The number of rotatable bonds is 2. The van der Waals surface area contributed by atoms with Gasteiger partial charge >= 0.3 is 32.0 Å². The van der Waals surface area contributed by atoms with E-state index in [2.05, 4.69) is 80.3 Å². The minimum atomic E-state index is -2.94. The number of allylic oxidation sites excluding steroid dienone is 4. The van der Waals surface area contributed by atoms with Gasteiger partial charge in [-0.1, -0.05) is 18.1 Å². The summed E-state index contributed by atoms with van der Waals surface area (Å²) in [7, 11) is 19.0. The molecule has 28 heavy (non-hydrogen) atoms. The predicted molar refractivity (Wildman–Crippen MR) is 126 cm³/mol. The first kappa shape index (κ1) is 40.0. The number of halogens is 4. The molecule has 0 amide bonds. The molecule has 0 aliphatic heterocycles. The number of nitrogens with zero attached hydrogens (tertiary/aromatic N) is 1. The summed E-state index contributed by atoms with van der Waals surface area (Å²) in [5.74, 6) is 1.47. The zero-order valence-corrected chi connectivity index (χ0v) is 24.8. The van der Waals surface area contributed by atoms with Crippen LogP contribution in [0.5, 0.6) is 0 Å². The Morgan fingerprint density at radius 2 is 0.893 bits per heavy atom. The second-order valence-corrected chi connectivity index (χ2v) is 19.9. The van der Waals surface area contributed by atoms with Crippen LogP contribution in [-0.4, -0.2) is 26.1 Å². The summed E-state index contributed by atoms with van der Waals surface area (Å²) < 4.78 is 17.4. The summed E-state index contributed by atoms with van der Waals surface area (Å²) in [6.45, 7) is 28.9. The SMILES string of the molecule is CC(C)N([PH3+])C(C)C.C[C]1C(C)=C(C)C(C)=C1C.[C-]#[O+].[C-]#[O+].[Cl][Al-]([Cl])([Cl])[Cl].[Fe]. The third kappa shape index (κ3) is 22.3. The quantitative estimate of drug-likeness (QED) is 0.155. The van der Waals surface area contributed by atoms with Crippen LogP contribution in [0.15, 0.2) is 22.3 Å². The van der Waals surface area contributed by atoms with E-state index < -0.39 is 9.39 Å². The van der Waals surface area contributed by atoms with E-state index in [1.807, 2.05) is 9.39 Å². The Labute approximate surface area is 204 Å². The van der Waals surface area contributed by atoms with Gasteiger partial charge in [0.1, 0.15) is 0 Å². The van der Waals surface area contributed by atoms with Crippen LogP contribution in [0.1, 0.15) is 62.3 Å². The second-order valence-electron chi connectivity index (χ2n) is 6.32. The smallest absolute Gasteiger partial charge is 0.391 e. The van der Waals surface area contributed by atoms with E-state index in [-0.39, 0.29) is 17.1 Å². The molecule has 1 aliphatic carbocycles. The first-order chi connectivity index (χ1) is 12.1. The fraction of sp³-hybridized carbons (Fsp3) is 0.611. The molecular weight excluding hydrogens is 518 g/mol. The third-order valence-corrected chi connectivity index (χ3v) is 5.60. The van der Waals surface area contributed by atoms with Gasteiger partial charge in [-0.05, 0) is 66.5 Å². The van der Waals surface area contributed by atoms with Gasteiger partial charge in [0.15, 0.2) is 0 Å². The van der Waals surface area contributed by atoms with Crippen LogP contribution in [-0.2, 0) is 26.4 Å². The average Bonchev–Trinajstić information content (AvgIpc) is 2.74. The Balaban J connectivity index is -0.0000000887. The van der Waals surface area contributed by atoms with Crippen molar-refractivity contribution >= 4 is 59.0 Å². The van der Waals surface area contributed by atoms with Crippen LogP contribution in [0.3, 0.4) is 0 Å². The number of hydrogen-bond donors (Lipinski definition) is 0. The van der Waals surface area contributed by atoms with Gasteiger partial charge in [-0.15, -0.1) is 0 Å². The van der Waals surface area contributed by atoms with E-state index in [0.29, 0.717) is 12.1 Å². The summed E-state index contributed by atoms with van der Waals surface area (Å²) in [6, 6.07) is 1.38. The summed E-state index contributed by atoms with van der Waals surface area (Å²) in [5.41, 5.74) is 5.87. The van der Waals surface area contributed by atoms with Crippen molar-refractivity contribution in [3.63, 3.8) is 0 Å². The molecule has 1 rings (SSSR count). The van der Waals surface area contributed by atoms with Crippen LogP contribution in [0.25, 0.3) is 0 Å². The van der Waals surface area contributed by atoms with Crippen LogP contribution in [0.2, 0.25) is 0 Å². The van der Waals surface area contributed by atoms with Crippen molar-refractivity contribution in [2.75, 3.05) is 0 Å². The Hall–Kier alpha value is 1.56. The Morgan fingerprint density at radius 1 is 0.714 bits per heavy atom. The fourth-order valence-electron chi connectivity index (χ4n) is 2.00. The first-order valence-corrected chi connectivity index (χ1v) is 15.8. The maximum Gasteiger partial charge on any atom is 0.564 e. The minimum Gasteiger partial charge on any atom is -0.391 e. The van der Waals surface area contributed by atoms with E-state index >= 15 is 0 Å². The van der Waals surface area contributed by atoms with Gasteiger partial charge in [-0.25, -0.2) is 0 Å². The maximum absolute atomic E-state index is 7.50. The van der Waals surface area contributed by atoms with Gasteiger partial charge in [0, 0.05) is 44.5 Å². The van der Waals surface area contributed by atoms with Crippen molar-refractivity contribution in [3.8, 4) is 0 Å². The molecule has 165 valence electrons. The second kappa shape index (κ2) is 21.8. The largest absolute Gasteiger partial charge is 0.564 e. The molecule has 0 saturated carbocycles. The molecule has 0 aromatic heterocycles.